The fourth-order valence-electron chi connectivity index (χ4n) is 3.95. The molecule has 2 aromatic rings. The van der Waals surface area contributed by atoms with Crippen molar-refractivity contribution in [3.05, 3.63) is 65.2 Å². The molecule has 2 aliphatic rings. The number of aliphatic hydroxyl groups excluding tert-OH is 4. The van der Waals surface area contributed by atoms with Gasteiger partial charge in [0, 0.05) is 0 Å². The van der Waals surface area contributed by atoms with E-state index in [2.05, 4.69) is 6.58 Å². The van der Waals surface area contributed by atoms with Crippen LogP contribution in [0.25, 0.3) is 6.08 Å². The summed E-state index contributed by atoms with van der Waals surface area (Å²) >= 11 is 0. The molecule has 30 heavy (non-hydrogen) atoms. The van der Waals surface area contributed by atoms with Crippen molar-refractivity contribution in [3.63, 3.8) is 0 Å². The molecule has 0 bridgehead atoms. The highest BCUT2D eigenvalue weighted by molar-refractivity contribution is 5.55. The molecule has 7 heteroatoms. The van der Waals surface area contributed by atoms with E-state index in [0.29, 0.717) is 30.9 Å². The van der Waals surface area contributed by atoms with Gasteiger partial charge in [-0.15, -0.1) is 0 Å². The highest BCUT2D eigenvalue weighted by Crippen LogP contribution is 2.35. The molecule has 2 heterocycles. The van der Waals surface area contributed by atoms with Crippen LogP contribution in [0.3, 0.4) is 0 Å². The van der Waals surface area contributed by atoms with Crippen molar-refractivity contribution in [2.45, 2.75) is 36.9 Å². The molecule has 7 nitrogen and oxygen atoms in total. The topological polar surface area (TPSA) is 109 Å². The fraction of sp³-hybridized carbons (Fsp3) is 0.391. The van der Waals surface area contributed by atoms with E-state index >= 15 is 0 Å². The molecule has 0 aromatic heterocycles. The molecule has 0 radical (unpaired) electrons. The summed E-state index contributed by atoms with van der Waals surface area (Å²) in [5.74, 6) is 1.44. The monoisotopic (exact) mass is 414 g/mol. The number of rotatable bonds is 5. The normalized spacial score (nSPS) is 28.2. The van der Waals surface area contributed by atoms with Crippen molar-refractivity contribution in [1.82, 2.24) is 0 Å². The van der Waals surface area contributed by atoms with E-state index in [9.17, 15) is 20.4 Å². The molecule has 1 saturated heterocycles. The summed E-state index contributed by atoms with van der Waals surface area (Å²) in [5, 5.41) is 40.0. The number of fused-ring (bicyclic) bond motifs is 1. The molecule has 0 spiro atoms. The largest absolute Gasteiger partial charge is 0.486 e. The molecular weight excluding hydrogens is 388 g/mol. The summed E-state index contributed by atoms with van der Waals surface area (Å²) in [5.41, 5.74) is 3.55. The Morgan fingerprint density at radius 1 is 0.933 bits per heavy atom. The van der Waals surface area contributed by atoms with Crippen LogP contribution < -0.4 is 9.47 Å². The first kappa shape index (κ1) is 20.8. The minimum atomic E-state index is -1.42. The van der Waals surface area contributed by atoms with Crippen molar-refractivity contribution in [1.29, 1.82) is 0 Å². The van der Waals surface area contributed by atoms with Crippen molar-refractivity contribution in [2.75, 3.05) is 19.8 Å². The number of aliphatic hydroxyl groups is 4. The molecular formula is C23H26O7. The average Bonchev–Trinajstić information content (AvgIpc) is 2.77. The van der Waals surface area contributed by atoms with Gasteiger partial charge in [-0.1, -0.05) is 36.9 Å². The van der Waals surface area contributed by atoms with Gasteiger partial charge in [0.25, 0.3) is 0 Å². The molecule has 0 saturated carbocycles. The number of hydrogen-bond donors (Lipinski definition) is 4. The van der Waals surface area contributed by atoms with Crippen molar-refractivity contribution in [3.8, 4) is 11.5 Å². The molecule has 2 aliphatic heterocycles. The maximum atomic E-state index is 10.4. The van der Waals surface area contributed by atoms with Gasteiger partial charge in [0.05, 0.1) is 6.61 Å². The third kappa shape index (κ3) is 3.95. The summed E-state index contributed by atoms with van der Waals surface area (Å²) in [6, 6.07) is 11.4. The van der Waals surface area contributed by atoms with Gasteiger partial charge < -0.3 is 34.6 Å². The fourth-order valence-corrected chi connectivity index (χ4v) is 3.95. The van der Waals surface area contributed by atoms with Crippen LogP contribution in [0.2, 0.25) is 0 Å². The summed E-state index contributed by atoms with van der Waals surface area (Å²) in [7, 11) is 0. The molecule has 0 amide bonds. The van der Waals surface area contributed by atoms with Crippen LogP contribution >= 0.6 is 0 Å². The van der Waals surface area contributed by atoms with Crippen LogP contribution in [0.15, 0.2) is 43.0 Å². The lowest BCUT2D eigenvalue weighted by Crippen LogP contribution is -2.55. The Morgan fingerprint density at radius 2 is 1.70 bits per heavy atom. The molecule has 0 unspecified atom stereocenters. The zero-order chi connectivity index (χ0) is 21.3. The second-order valence-electron chi connectivity index (χ2n) is 7.57. The predicted molar refractivity (Wildman–Crippen MR) is 109 cm³/mol. The lowest BCUT2D eigenvalue weighted by atomic mass is 9.89. The van der Waals surface area contributed by atoms with Crippen LogP contribution in [0.1, 0.15) is 28.4 Å². The lowest BCUT2D eigenvalue weighted by Gasteiger charge is -2.40. The summed E-state index contributed by atoms with van der Waals surface area (Å²) < 4.78 is 16.9. The Hall–Kier alpha value is -2.42. The van der Waals surface area contributed by atoms with E-state index in [1.807, 2.05) is 30.3 Å². The summed E-state index contributed by atoms with van der Waals surface area (Å²) in [6.45, 7) is 4.47. The molecule has 2 aromatic carbocycles. The maximum absolute atomic E-state index is 10.4. The van der Waals surface area contributed by atoms with E-state index in [1.165, 1.54) is 0 Å². The van der Waals surface area contributed by atoms with E-state index in [1.54, 1.807) is 12.1 Å². The van der Waals surface area contributed by atoms with Crippen LogP contribution in [-0.2, 0) is 11.2 Å². The molecule has 1 fully saturated rings. The first-order valence-electron chi connectivity index (χ1n) is 9.96. The van der Waals surface area contributed by atoms with Gasteiger partial charge in [-0.05, 0) is 40.8 Å². The number of ether oxygens (including phenoxy) is 3. The lowest BCUT2D eigenvalue weighted by molar-refractivity contribution is -0.231. The van der Waals surface area contributed by atoms with E-state index < -0.39 is 37.1 Å². The van der Waals surface area contributed by atoms with Crippen molar-refractivity contribution in [2.24, 2.45) is 0 Å². The molecule has 160 valence electrons. The number of hydrogen-bond acceptors (Lipinski definition) is 7. The molecule has 4 N–H and O–H groups in total. The van der Waals surface area contributed by atoms with Gasteiger partial charge in [0.2, 0.25) is 0 Å². The van der Waals surface area contributed by atoms with Crippen molar-refractivity contribution < 1.29 is 34.6 Å². The van der Waals surface area contributed by atoms with Crippen LogP contribution in [0, 0.1) is 0 Å². The highest BCUT2D eigenvalue weighted by atomic mass is 16.6. The Balaban J connectivity index is 1.63. The van der Waals surface area contributed by atoms with Crippen LogP contribution in [0.4, 0.5) is 0 Å². The zero-order valence-electron chi connectivity index (χ0n) is 16.5. The first-order valence-corrected chi connectivity index (χ1v) is 9.96. The van der Waals surface area contributed by atoms with Gasteiger partial charge in [-0.3, -0.25) is 0 Å². The van der Waals surface area contributed by atoms with Crippen LogP contribution in [0.5, 0.6) is 11.5 Å². The second kappa shape index (κ2) is 8.75. The summed E-state index contributed by atoms with van der Waals surface area (Å²) in [4.78, 5) is 0. The maximum Gasteiger partial charge on any atom is 0.161 e. The predicted octanol–water partition coefficient (Wildman–Crippen LogP) is 1.21. The van der Waals surface area contributed by atoms with Crippen molar-refractivity contribution >= 4 is 6.08 Å². The van der Waals surface area contributed by atoms with Crippen LogP contribution in [-0.4, -0.2) is 64.7 Å². The second-order valence-corrected chi connectivity index (χ2v) is 7.57. The average molecular weight is 414 g/mol. The third-order valence-electron chi connectivity index (χ3n) is 5.61. The smallest absolute Gasteiger partial charge is 0.161 e. The van der Waals surface area contributed by atoms with E-state index in [-0.39, 0.29) is 0 Å². The molecule has 4 rings (SSSR count). The minimum Gasteiger partial charge on any atom is -0.486 e. The van der Waals surface area contributed by atoms with Gasteiger partial charge >= 0.3 is 0 Å². The number of benzene rings is 2. The molecule has 0 aliphatic carbocycles. The Kier molecular flexibility index (Phi) is 6.08. The SMILES string of the molecule is C=Cc1ccc([C@@H]2O[C@H](CO)[C@@H](O)[C@H](O)[C@H]2O)cc1Cc1ccc2c(c1)OCCO2. The summed E-state index contributed by atoms with van der Waals surface area (Å²) in [6.07, 6.45) is -3.60. The van der Waals surface area contributed by atoms with Gasteiger partial charge in [0.1, 0.15) is 43.7 Å². The van der Waals surface area contributed by atoms with E-state index in [0.717, 1.165) is 22.4 Å². The third-order valence-corrected chi connectivity index (χ3v) is 5.61. The zero-order valence-corrected chi connectivity index (χ0v) is 16.5. The standard InChI is InChI=1S/C23H26O7/c1-2-14-4-5-15(23-22(27)21(26)20(25)19(12-24)30-23)11-16(14)9-13-3-6-17-18(10-13)29-8-7-28-17/h2-6,10-11,19-27H,1,7-9,12H2/t19-,20-,21+,22-,23+/m1/s1. The van der Waals surface area contributed by atoms with E-state index in [4.69, 9.17) is 14.2 Å². The quantitative estimate of drug-likeness (QED) is 0.582. The van der Waals surface area contributed by atoms with Gasteiger partial charge in [0.15, 0.2) is 11.5 Å². The minimum absolute atomic E-state index is 0.462. The Labute approximate surface area is 174 Å². The molecule has 5 atom stereocenters. The van der Waals surface area contributed by atoms with Gasteiger partial charge in [-0.25, -0.2) is 0 Å². The Bertz CT molecular complexity index is 910. The first-order chi connectivity index (χ1) is 14.5. The Morgan fingerprint density at radius 3 is 2.43 bits per heavy atom. The highest BCUT2D eigenvalue weighted by Gasteiger charge is 2.44. The van der Waals surface area contributed by atoms with Gasteiger partial charge in [-0.2, -0.15) is 0 Å².